The average molecular weight is 288 g/mol. The molecule has 0 saturated heterocycles. The first-order valence-corrected chi connectivity index (χ1v) is 6.77. The van der Waals surface area contributed by atoms with Crippen LogP contribution in [-0.2, 0) is 19.5 Å². The van der Waals surface area contributed by atoms with E-state index >= 15 is 0 Å². The number of furan rings is 1. The molecule has 0 saturated carbocycles. The molecule has 0 amide bonds. The highest BCUT2D eigenvalue weighted by molar-refractivity contribution is 5.37. The summed E-state index contributed by atoms with van der Waals surface area (Å²) in [5, 5.41) is 10.6. The third-order valence-corrected chi connectivity index (χ3v) is 3.71. The summed E-state index contributed by atoms with van der Waals surface area (Å²) >= 11 is 0. The molecular weight excluding hydrogens is 272 g/mol. The molecule has 0 N–H and O–H groups in total. The lowest BCUT2D eigenvalue weighted by Crippen LogP contribution is -2.29. The molecule has 0 radical (unpaired) electrons. The number of rotatable bonds is 4. The van der Waals surface area contributed by atoms with E-state index in [0.29, 0.717) is 12.3 Å². The number of hydrogen-bond donors (Lipinski definition) is 0. The van der Waals surface area contributed by atoms with Crippen LogP contribution in [0.5, 0.6) is 5.75 Å². The molecule has 6 heteroatoms. The van der Waals surface area contributed by atoms with Crippen LogP contribution in [0.15, 0.2) is 34.7 Å². The number of nitrogens with zero attached hydrogens (tertiary/aromatic N) is 2. The fourth-order valence-electron chi connectivity index (χ4n) is 2.62. The second kappa shape index (κ2) is 5.57. The second-order valence-corrected chi connectivity index (χ2v) is 5.09. The van der Waals surface area contributed by atoms with Gasteiger partial charge in [0, 0.05) is 13.1 Å². The third-order valence-electron chi connectivity index (χ3n) is 3.71. The summed E-state index contributed by atoms with van der Waals surface area (Å²) in [6, 6.07) is 9.19. The number of nitro groups is 1. The van der Waals surface area contributed by atoms with Crippen molar-refractivity contribution in [2.24, 2.45) is 0 Å². The molecule has 0 bridgehead atoms. The SMILES string of the molecule is COc1ccc2c(c1)CN(Cc1ccc([N+](=O)[O-])o1)CC2. The summed E-state index contributed by atoms with van der Waals surface area (Å²) in [7, 11) is 1.66. The van der Waals surface area contributed by atoms with Crippen molar-refractivity contribution in [2.75, 3.05) is 13.7 Å². The van der Waals surface area contributed by atoms with Crippen molar-refractivity contribution in [3.63, 3.8) is 0 Å². The van der Waals surface area contributed by atoms with Crippen molar-refractivity contribution in [3.8, 4) is 5.75 Å². The number of methoxy groups -OCH3 is 1. The van der Waals surface area contributed by atoms with Crippen molar-refractivity contribution in [1.82, 2.24) is 4.90 Å². The maximum absolute atomic E-state index is 10.6. The van der Waals surface area contributed by atoms with Crippen LogP contribution < -0.4 is 4.74 Å². The van der Waals surface area contributed by atoms with E-state index < -0.39 is 4.92 Å². The molecule has 21 heavy (non-hydrogen) atoms. The normalized spacial score (nSPS) is 14.7. The average Bonchev–Trinajstić information content (AvgIpc) is 2.95. The van der Waals surface area contributed by atoms with Gasteiger partial charge in [-0.2, -0.15) is 0 Å². The van der Waals surface area contributed by atoms with Crippen LogP contribution in [0, 0.1) is 10.1 Å². The Morgan fingerprint density at radius 2 is 2.19 bits per heavy atom. The quantitative estimate of drug-likeness (QED) is 0.639. The number of benzene rings is 1. The van der Waals surface area contributed by atoms with Gasteiger partial charge >= 0.3 is 5.88 Å². The Kier molecular flexibility index (Phi) is 3.62. The lowest BCUT2D eigenvalue weighted by molar-refractivity contribution is -0.402. The van der Waals surface area contributed by atoms with Gasteiger partial charge in [-0.1, -0.05) is 6.07 Å². The minimum absolute atomic E-state index is 0.205. The molecular formula is C15H16N2O4. The highest BCUT2D eigenvalue weighted by Crippen LogP contribution is 2.25. The Morgan fingerprint density at radius 3 is 2.90 bits per heavy atom. The summed E-state index contributed by atoms with van der Waals surface area (Å²) in [4.78, 5) is 12.3. The van der Waals surface area contributed by atoms with Crippen LogP contribution in [0.25, 0.3) is 0 Å². The largest absolute Gasteiger partial charge is 0.497 e. The van der Waals surface area contributed by atoms with Crippen LogP contribution in [0.1, 0.15) is 16.9 Å². The minimum atomic E-state index is -0.514. The zero-order chi connectivity index (χ0) is 14.8. The van der Waals surface area contributed by atoms with Gasteiger partial charge < -0.3 is 9.15 Å². The molecule has 1 aliphatic heterocycles. The standard InChI is InChI=1S/C15H16N2O4/c1-20-13-3-2-11-6-7-16(9-12(11)8-13)10-14-4-5-15(21-14)17(18)19/h2-5,8H,6-7,9-10H2,1H3. The molecule has 0 aliphatic carbocycles. The van der Waals surface area contributed by atoms with Crippen molar-refractivity contribution < 1.29 is 14.1 Å². The van der Waals surface area contributed by atoms with E-state index in [4.69, 9.17) is 9.15 Å². The highest BCUT2D eigenvalue weighted by atomic mass is 16.6. The molecule has 2 heterocycles. The van der Waals surface area contributed by atoms with Gasteiger partial charge in [-0.3, -0.25) is 15.0 Å². The van der Waals surface area contributed by atoms with Gasteiger partial charge in [-0.15, -0.1) is 0 Å². The number of ether oxygens (including phenoxy) is 1. The zero-order valence-electron chi connectivity index (χ0n) is 11.7. The summed E-state index contributed by atoms with van der Waals surface area (Å²) in [6.07, 6.45) is 0.960. The molecule has 110 valence electrons. The Hall–Kier alpha value is -2.34. The lowest BCUT2D eigenvalue weighted by atomic mass is 9.99. The van der Waals surface area contributed by atoms with Gasteiger partial charge in [0.15, 0.2) is 0 Å². The van der Waals surface area contributed by atoms with Gasteiger partial charge in [0.05, 0.1) is 19.7 Å². The van der Waals surface area contributed by atoms with E-state index in [9.17, 15) is 10.1 Å². The number of hydrogen-bond acceptors (Lipinski definition) is 5. The fraction of sp³-hybridized carbons (Fsp3) is 0.333. The minimum Gasteiger partial charge on any atom is -0.497 e. The smallest absolute Gasteiger partial charge is 0.433 e. The van der Waals surface area contributed by atoms with Crippen molar-refractivity contribution in [3.05, 3.63) is 57.3 Å². The van der Waals surface area contributed by atoms with Gasteiger partial charge in [-0.05, 0) is 35.7 Å². The van der Waals surface area contributed by atoms with Gasteiger partial charge in [-0.25, -0.2) is 0 Å². The maximum atomic E-state index is 10.6. The van der Waals surface area contributed by atoms with Gasteiger partial charge in [0.1, 0.15) is 16.4 Å². The third kappa shape index (κ3) is 2.90. The molecule has 1 aromatic heterocycles. The van der Waals surface area contributed by atoms with E-state index in [1.165, 1.54) is 17.2 Å². The lowest BCUT2D eigenvalue weighted by Gasteiger charge is -2.28. The van der Waals surface area contributed by atoms with Gasteiger partial charge in [0.2, 0.25) is 0 Å². The predicted molar refractivity (Wildman–Crippen MR) is 76.2 cm³/mol. The first-order chi connectivity index (χ1) is 10.2. The maximum Gasteiger partial charge on any atom is 0.433 e. The van der Waals surface area contributed by atoms with E-state index in [0.717, 1.165) is 25.3 Å². The monoisotopic (exact) mass is 288 g/mol. The van der Waals surface area contributed by atoms with Crippen LogP contribution >= 0.6 is 0 Å². The van der Waals surface area contributed by atoms with Crippen LogP contribution in [0.3, 0.4) is 0 Å². The Bertz CT molecular complexity index is 665. The molecule has 0 atom stereocenters. The molecule has 6 nitrogen and oxygen atoms in total. The molecule has 0 fully saturated rings. The molecule has 1 aromatic carbocycles. The summed E-state index contributed by atoms with van der Waals surface area (Å²) < 4.78 is 10.5. The molecule has 2 aromatic rings. The van der Waals surface area contributed by atoms with E-state index in [1.54, 1.807) is 13.2 Å². The molecule has 3 rings (SSSR count). The molecule has 0 spiro atoms. The topological polar surface area (TPSA) is 68.8 Å². The van der Waals surface area contributed by atoms with Crippen LogP contribution in [0.2, 0.25) is 0 Å². The molecule has 0 unspecified atom stereocenters. The predicted octanol–water partition coefficient (Wildman–Crippen LogP) is 2.75. The van der Waals surface area contributed by atoms with Crippen LogP contribution in [0.4, 0.5) is 5.88 Å². The first kappa shape index (κ1) is 13.6. The highest BCUT2D eigenvalue weighted by Gasteiger charge is 2.19. The second-order valence-electron chi connectivity index (χ2n) is 5.09. The Morgan fingerprint density at radius 1 is 1.33 bits per heavy atom. The van der Waals surface area contributed by atoms with E-state index in [2.05, 4.69) is 11.0 Å². The first-order valence-electron chi connectivity index (χ1n) is 6.77. The summed E-state index contributed by atoms with van der Waals surface area (Å²) in [5.41, 5.74) is 2.57. The van der Waals surface area contributed by atoms with E-state index in [-0.39, 0.29) is 5.88 Å². The van der Waals surface area contributed by atoms with Crippen molar-refractivity contribution >= 4 is 5.88 Å². The van der Waals surface area contributed by atoms with E-state index in [1.807, 2.05) is 12.1 Å². The van der Waals surface area contributed by atoms with Crippen LogP contribution in [-0.4, -0.2) is 23.5 Å². The summed E-state index contributed by atoms with van der Waals surface area (Å²) in [5.74, 6) is 1.27. The van der Waals surface area contributed by atoms with Gasteiger partial charge in [0.25, 0.3) is 0 Å². The van der Waals surface area contributed by atoms with Crippen molar-refractivity contribution in [2.45, 2.75) is 19.5 Å². The Balaban J connectivity index is 1.71. The number of fused-ring (bicyclic) bond motifs is 1. The van der Waals surface area contributed by atoms with Crippen molar-refractivity contribution in [1.29, 1.82) is 0 Å². The summed E-state index contributed by atoms with van der Waals surface area (Å²) in [6.45, 7) is 2.28. The molecule has 1 aliphatic rings. The fourth-order valence-corrected chi connectivity index (χ4v) is 2.62. The zero-order valence-corrected chi connectivity index (χ0v) is 11.7. The Labute approximate surface area is 122 Å².